The van der Waals surface area contributed by atoms with Crippen LogP contribution in [0.5, 0.6) is 0 Å². The lowest BCUT2D eigenvalue weighted by atomic mass is 9.82. The molecule has 14 rings (SSSR count). The molecule has 0 unspecified atom stereocenters. The van der Waals surface area contributed by atoms with Crippen molar-refractivity contribution in [2.75, 3.05) is 4.90 Å². The summed E-state index contributed by atoms with van der Waals surface area (Å²) < 4.78 is 4.87. The van der Waals surface area contributed by atoms with Gasteiger partial charge in [0.25, 0.3) is 0 Å². The van der Waals surface area contributed by atoms with Crippen molar-refractivity contribution in [2.45, 2.75) is 19.3 Å². The standard InChI is InChI=1S/C69H49N3/c1-69(2)62-29-15-12-25-57(62)60-45-55(38-39-63(60)69)72-64-30-16-13-26-58(64)61-44-47(35-40-66(61)72)49-41-48(46-33-36-54(37-34-46)70(51-19-6-3-7-20-51)52-21-8-4-9-22-52)42-50(43-49)56-28-18-32-67-68(56)59-27-14-17-31-65(59)71(67)53-23-10-5-11-24-53/h3-45H,1-2H3. The highest BCUT2D eigenvalue weighted by atomic mass is 15.1. The summed E-state index contributed by atoms with van der Waals surface area (Å²) in [6.45, 7) is 4.70. The number of hydrogen-bond donors (Lipinski definition) is 0. The first kappa shape index (κ1) is 41.8. The lowest BCUT2D eigenvalue weighted by Gasteiger charge is -2.25. The number of hydrogen-bond acceptors (Lipinski definition) is 1. The zero-order valence-electron chi connectivity index (χ0n) is 40.2. The fourth-order valence-corrected chi connectivity index (χ4v) is 11.9. The maximum absolute atomic E-state index is 2.46. The highest BCUT2D eigenvalue weighted by Gasteiger charge is 2.35. The van der Waals surface area contributed by atoms with E-state index < -0.39 is 0 Å². The van der Waals surface area contributed by atoms with Gasteiger partial charge in [0, 0.05) is 55.4 Å². The molecule has 1 aliphatic carbocycles. The molecule has 13 aromatic rings. The molecule has 3 heteroatoms. The van der Waals surface area contributed by atoms with E-state index in [0.29, 0.717) is 0 Å². The van der Waals surface area contributed by atoms with Gasteiger partial charge in [-0.2, -0.15) is 0 Å². The number of aromatic nitrogens is 2. The minimum Gasteiger partial charge on any atom is -0.311 e. The lowest BCUT2D eigenvalue weighted by Crippen LogP contribution is -2.14. The molecule has 0 saturated heterocycles. The van der Waals surface area contributed by atoms with Crippen LogP contribution in [0.25, 0.3) is 99.5 Å². The van der Waals surface area contributed by atoms with Gasteiger partial charge < -0.3 is 14.0 Å². The first-order chi connectivity index (χ1) is 35.5. The van der Waals surface area contributed by atoms with Crippen LogP contribution < -0.4 is 4.90 Å². The highest BCUT2D eigenvalue weighted by molar-refractivity contribution is 6.16. The van der Waals surface area contributed by atoms with E-state index in [1.165, 1.54) is 93.8 Å². The Morgan fingerprint density at radius 3 is 1.54 bits per heavy atom. The molecule has 72 heavy (non-hydrogen) atoms. The smallest absolute Gasteiger partial charge is 0.0547 e. The molecular formula is C69H49N3. The Hall–Kier alpha value is -9.18. The Balaban J connectivity index is 0.958. The minimum atomic E-state index is -0.0508. The molecule has 3 nitrogen and oxygen atoms in total. The third-order valence-electron chi connectivity index (χ3n) is 15.3. The fraction of sp³-hybridized carbons (Fsp3) is 0.0435. The van der Waals surface area contributed by atoms with Crippen molar-refractivity contribution < 1.29 is 0 Å². The van der Waals surface area contributed by atoms with E-state index in [9.17, 15) is 0 Å². The van der Waals surface area contributed by atoms with E-state index in [4.69, 9.17) is 0 Å². The van der Waals surface area contributed by atoms with Crippen molar-refractivity contribution in [3.8, 4) is 55.9 Å². The maximum Gasteiger partial charge on any atom is 0.0547 e. The van der Waals surface area contributed by atoms with Gasteiger partial charge in [-0.1, -0.05) is 166 Å². The van der Waals surface area contributed by atoms with Crippen molar-refractivity contribution in [1.29, 1.82) is 0 Å². The summed E-state index contributed by atoms with van der Waals surface area (Å²) >= 11 is 0. The molecule has 0 atom stereocenters. The summed E-state index contributed by atoms with van der Waals surface area (Å²) in [5, 5.41) is 4.95. The third-order valence-corrected chi connectivity index (χ3v) is 15.3. The van der Waals surface area contributed by atoms with Crippen molar-refractivity contribution in [3.05, 3.63) is 272 Å². The molecular weight excluding hydrogens is 871 g/mol. The summed E-state index contributed by atoms with van der Waals surface area (Å²) in [6, 6.07) is 95.9. The number of nitrogens with zero attached hydrogens (tertiary/aromatic N) is 3. The molecule has 0 saturated carbocycles. The first-order valence-corrected chi connectivity index (χ1v) is 25.0. The quantitative estimate of drug-likeness (QED) is 0.148. The summed E-state index contributed by atoms with van der Waals surface area (Å²) in [7, 11) is 0. The number of benzene rings is 11. The van der Waals surface area contributed by atoms with E-state index in [1.807, 2.05) is 0 Å². The van der Waals surface area contributed by atoms with Gasteiger partial charge in [0.1, 0.15) is 0 Å². The van der Waals surface area contributed by atoms with Gasteiger partial charge in [0.15, 0.2) is 0 Å². The van der Waals surface area contributed by atoms with Gasteiger partial charge in [-0.25, -0.2) is 0 Å². The van der Waals surface area contributed by atoms with Gasteiger partial charge in [0.05, 0.1) is 22.1 Å². The molecule has 0 aliphatic heterocycles. The van der Waals surface area contributed by atoms with E-state index >= 15 is 0 Å². The maximum atomic E-state index is 2.46. The van der Waals surface area contributed by atoms with Crippen LogP contribution in [-0.2, 0) is 5.41 Å². The predicted octanol–water partition coefficient (Wildman–Crippen LogP) is 18.7. The van der Waals surface area contributed by atoms with Crippen molar-refractivity contribution >= 4 is 60.7 Å². The number of rotatable bonds is 8. The second-order valence-electron chi connectivity index (χ2n) is 19.7. The number of anilines is 3. The Labute approximate surface area is 419 Å². The molecule has 0 fully saturated rings. The first-order valence-electron chi connectivity index (χ1n) is 25.0. The largest absolute Gasteiger partial charge is 0.311 e. The number of fused-ring (bicyclic) bond motifs is 9. The second-order valence-corrected chi connectivity index (χ2v) is 19.7. The molecule has 0 spiro atoms. The summed E-state index contributed by atoms with van der Waals surface area (Å²) in [4.78, 5) is 2.32. The average Bonchev–Trinajstić information content (AvgIpc) is 4.04. The Bertz CT molecular complexity index is 4180. The Morgan fingerprint density at radius 1 is 0.292 bits per heavy atom. The van der Waals surface area contributed by atoms with Crippen LogP contribution in [0, 0.1) is 0 Å². The van der Waals surface area contributed by atoms with Crippen LogP contribution in [0.2, 0.25) is 0 Å². The van der Waals surface area contributed by atoms with Gasteiger partial charge >= 0.3 is 0 Å². The van der Waals surface area contributed by atoms with E-state index in [1.54, 1.807) is 0 Å². The highest BCUT2D eigenvalue weighted by Crippen LogP contribution is 2.50. The summed E-state index contributed by atoms with van der Waals surface area (Å²) in [5.41, 5.74) is 22.8. The average molecular weight is 920 g/mol. The molecule has 2 aromatic heterocycles. The second kappa shape index (κ2) is 16.5. The fourth-order valence-electron chi connectivity index (χ4n) is 11.9. The zero-order chi connectivity index (χ0) is 47.9. The Morgan fingerprint density at radius 2 is 0.806 bits per heavy atom. The zero-order valence-corrected chi connectivity index (χ0v) is 40.2. The van der Waals surface area contributed by atoms with Crippen LogP contribution >= 0.6 is 0 Å². The Kier molecular flexibility index (Phi) is 9.56. The van der Waals surface area contributed by atoms with Crippen LogP contribution in [0.1, 0.15) is 25.0 Å². The summed E-state index contributed by atoms with van der Waals surface area (Å²) in [6.07, 6.45) is 0. The summed E-state index contributed by atoms with van der Waals surface area (Å²) in [5.74, 6) is 0. The van der Waals surface area contributed by atoms with Gasteiger partial charge in [-0.3, -0.25) is 0 Å². The lowest BCUT2D eigenvalue weighted by molar-refractivity contribution is 0.660. The van der Waals surface area contributed by atoms with E-state index in [0.717, 1.165) is 33.9 Å². The van der Waals surface area contributed by atoms with Crippen LogP contribution in [0.15, 0.2) is 261 Å². The molecule has 1 aliphatic rings. The predicted molar refractivity (Wildman–Crippen MR) is 304 cm³/mol. The topological polar surface area (TPSA) is 13.1 Å². The number of para-hydroxylation sites is 5. The van der Waals surface area contributed by atoms with Crippen molar-refractivity contribution in [1.82, 2.24) is 9.13 Å². The van der Waals surface area contributed by atoms with Crippen molar-refractivity contribution in [2.24, 2.45) is 0 Å². The van der Waals surface area contributed by atoms with Crippen molar-refractivity contribution in [3.63, 3.8) is 0 Å². The molecule has 0 radical (unpaired) electrons. The minimum absolute atomic E-state index is 0.0508. The van der Waals surface area contributed by atoms with Crippen LogP contribution in [0.3, 0.4) is 0 Å². The molecule has 340 valence electrons. The van der Waals surface area contributed by atoms with E-state index in [-0.39, 0.29) is 5.41 Å². The van der Waals surface area contributed by atoms with Gasteiger partial charge in [0.2, 0.25) is 0 Å². The van der Waals surface area contributed by atoms with Gasteiger partial charge in [-0.15, -0.1) is 0 Å². The SMILES string of the molecule is CC1(C)c2ccccc2-c2cc(-n3c4ccccc4c4cc(-c5cc(-c6ccc(N(c7ccccc7)c7ccccc7)cc6)cc(-c6cccc7c6c6ccccc6n7-c6ccccc6)c5)ccc43)ccc21. The monoisotopic (exact) mass is 919 g/mol. The normalized spacial score (nSPS) is 12.7. The van der Waals surface area contributed by atoms with Crippen LogP contribution in [-0.4, -0.2) is 9.13 Å². The molecule has 0 amide bonds. The molecule has 0 N–H and O–H groups in total. The third kappa shape index (κ3) is 6.58. The molecule has 2 heterocycles. The molecule has 11 aromatic carbocycles. The van der Waals surface area contributed by atoms with Crippen LogP contribution in [0.4, 0.5) is 17.1 Å². The molecule has 0 bridgehead atoms. The van der Waals surface area contributed by atoms with Gasteiger partial charge in [-0.05, 0) is 165 Å². The van der Waals surface area contributed by atoms with E-state index in [2.05, 4.69) is 289 Å².